The van der Waals surface area contributed by atoms with Crippen LogP contribution >= 0.6 is 23.8 Å². The number of H-pyrrole nitrogens is 1. The Kier molecular flexibility index (Phi) is 6.48. The Morgan fingerprint density at radius 3 is 2.55 bits per heavy atom. The van der Waals surface area contributed by atoms with Crippen molar-refractivity contribution in [2.45, 2.75) is 37.9 Å². The molecule has 1 aliphatic rings. The number of aromatic amines is 1. The summed E-state index contributed by atoms with van der Waals surface area (Å²) in [5.74, 6) is 0.0341. The maximum atomic E-state index is 12.9. The van der Waals surface area contributed by atoms with E-state index in [9.17, 15) is 9.59 Å². The maximum absolute atomic E-state index is 12.9. The average molecular weight is 456 g/mol. The fourth-order valence-corrected chi connectivity index (χ4v) is 3.58. The Balaban J connectivity index is 1.50. The van der Waals surface area contributed by atoms with Gasteiger partial charge < -0.3 is 10.6 Å². The number of benzene rings is 2. The van der Waals surface area contributed by atoms with Gasteiger partial charge in [0, 0.05) is 23.0 Å². The summed E-state index contributed by atoms with van der Waals surface area (Å²) in [4.78, 5) is 25.6. The van der Waals surface area contributed by atoms with Crippen LogP contribution in [0.3, 0.4) is 0 Å². The highest BCUT2D eigenvalue weighted by Crippen LogP contribution is 2.20. The molecular weight excluding hydrogens is 434 g/mol. The molecule has 7 nitrogen and oxygen atoms in total. The molecule has 1 heterocycles. The Bertz CT molecular complexity index is 1120. The Hall–Kier alpha value is -2.97. The van der Waals surface area contributed by atoms with Gasteiger partial charge in [-0.1, -0.05) is 41.9 Å². The molecule has 1 fully saturated rings. The first-order chi connectivity index (χ1) is 15.0. The smallest absolute Gasteiger partial charge is 0.243 e. The standard InChI is InChI=1S/C22H22ClN5O2S/c23-16-8-6-15(7-9-16)20-26-27-22(31)28(20)13-19(29)25-18(21(30)24-17-10-11-17)12-14-4-2-1-3-5-14/h1-9,17-18H,10-13H2,(H,24,30)(H,25,29)(H,27,31). The highest BCUT2D eigenvalue weighted by atomic mass is 35.5. The van der Waals surface area contributed by atoms with Crippen LogP contribution in [0.2, 0.25) is 5.02 Å². The second kappa shape index (κ2) is 9.45. The second-order valence-corrected chi connectivity index (χ2v) is 8.36. The van der Waals surface area contributed by atoms with E-state index in [1.807, 2.05) is 42.5 Å². The molecule has 0 aliphatic heterocycles. The van der Waals surface area contributed by atoms with Crippen LogP contribution in [-0.2, 0) is 22.6 Å². The van der Waals surface area contributed by atoms with Crippen LogP contribution in [0.1, 0.15) is 18.4 Å². The van der Waals surface area contributed by atoms with E-state index in [1.54, 1.807) is 16.7 Å². The van der Waals surface area contributed by atoms with Crippen molar-refractivity contribution in [1.29, 1.82) is 0 Å². The van der Waals surface area contributed by atoms with Crippen LogP contribution in [0.5, 0.6) is 0 Å². The SMILES string of the molecule is O=C(Cn1c(-c2ccc(Cl)cc2)n[nH]c1=S)NC(Cc1ccccc1)C(=O)NC1CC1. The Labute approximate surface area is 189 Å². The molecular formula is C22H22ClN5O2S. The van der Waals surface area contributed by atoms with Crippen molar-refractivity contribution in [2.75, 3.05) is 0 Å². The zero-order valence-electron chi connectivity index (χ0n) is 16.7. The summed E-state index contributed by atoms with van der Waals surface area (Å²) in [5, 5.41) is 13.4. The first kappa shape index (κ1) is 21.3. The number of hydrogen-bond donors (Lipinski definition) is 3. The Morgan fingerprint density at radius 1 is 1.16 bits per heavy atom. The van der Waals surface area contributed by atoms with Crippen LogP contribution < -0.4 is 10.6 Å². The van der Waals surface area contributed by atoms with Gasteiger partial charge in [0.1, 0.15) is 12.6 Å². The lowest BCUT2D eigenvalue weighted by atomic mass is 10.1. The van der Waals surface area contributed by atoms with Crippen LogP contribution in [0, 0.1) is 4.77 Å². The van der Waals surface area contributed by atoms with Gasteiger partial charge in [-0.15, -0.1) is 0 Å². The van der Waals surface area contributed by atoms with Crippen LogP contribution in [0.15, 0.2) is 54.6 Å². The van der Waals surface area contributed by atoms with Gasteiger partial charge in [-0.3, -0.25) is 19.3 Å². The first-order valence-corrected chi connectivity index (χ1v) is 10.8. The molecule has 0 bridgehead atoms. The molecule has 0 spiro atoms. The molecule has 2 amide bonds. The quantitative estimate of drug-likeness (QED) is 0.454. The molecule has 3 N–H and O–H groups in total. The van der Waals surface area contributed by atoms with Crippen molar-refractivity contribution < 1.29 is 9.59 Å². The Morgan fingerprint density at radius 2 is 1.87 bits per heavy atom. The second-order valence-electron chi connectivity index (χ2n) is 7.54. The predicted molar refractivity (Wildman–Crippen MR) is 121 cm³/mol. The van der Waals surface area contributed by atoms with Gasteiger partial charge in [0.2, 0.25) is 11.8 Å². The van der Waals surface area contributed by atoms with E-state index >= 15 is 0 Å². The van der Waals surface area contributed by atoms with Gasteiger partial charge in [0.15, 0.2) is 10.6 Å². The zero-order chi connectivity index (χ0) is 21.8. The molecule has 1 aliphatic carbocycles. The molecule has 3 aromatic rings. The van der Waals surface area contributed by atoms with Crippen LogP contribution in [0.25, 0.3) is 11.4 Å². The third-order valence-corrected chi connectivity index (χ3v) is 5.58. The van der Waals surface area contributed by atoms with Crippen molar-refractivity contribution in [3.63, 3.8) is 0 Å². The van der Waals surface area contributed by atoms with Gasteiger partial charge in [0.05, 0.1) is 0 Å². The van der Waals surface area contributed by atoms with Crippen LogP contribution in [0.4, 0.5) is 0 Å². The number of nitrogens with zero attached hydrogens (tertiary/aromatic N) is 2. The molecule has 4 rings (SSSR count). The lowest BCUT2D eigenvalue weighted by Crippen LogP contribution is -2.49. The number of carbonyl (C=O) groups is 2. The summed E-state index contributed by atoms with van der Waals surface area (Å²) in [7, 11) is 0. The monoisotopic (exact) mass is 455 g/mol. The molecule has 0 saturated heterocycles. The topological polar surface area (TPSA) is 91.8 Å². The lowest BCUT2D eigenvalue weighted by Gasteiger charge is -2.19. The molecule has 1 atom stereocenters. The van der Waals surface area contributed by atoms with E-state index in [1.165, 1.54) is 0 Å². The van der Waals surface area contributed by atoms with Gasteiger partial charge in [0.25, 0.3) is 0 Å². The van der Waals surface area contributed by atoms with Crippen molar-refractivity contribution in [3.05, 3.63) is 70.0 Å². The molecule has 160 valence electrons. The maximum Gasteiger partial charge on any atom is 0.243 e. The van der Waals surface area contributed by atoms with E-state index in [2.05, 4.69) is 20.8 Å². The number of carbonyl (C=O) groups excluding carboxylic acids is 2. The van der Waals surface area contributed by atoms with Crippen molar-refractivity contribution in [3.8, 4) is 11.4 Å². The minimum Gasteiger partial charge on any atom is -0.352 e. The minimum atomic E-state index is -0.671. The van der Waals surface area contributed by atoms with Gasteiger partial charge in [-0.05, 0) is 54.9 Å². The third-order valence-electron chi connectivity index (χ3n) is 5.02. The van der Waals surface area contributed by atoms with Crippen molar-refractivity contribution in [1.82, 2.24) is 25.4 Å². The van der Waals surface area contributed by atoms with E-state index in [4.69, 9.17) is 23.8 Å². The third kappa shape index (κ3) is 5.59. The normalized spacial score (nSPS) is 14.1. The van der Waals surface area contributed by atoms with E-state index < -0.39 is 6.04 Å². The summed E-state index contributed by atoms with van der Waals surface area (Å²) in [6, 6.07) is 16.3. The summed E-state index contributed by atoms with van der Waals surface area (Å²) >= 11 is 11.3. The molecule has 9 heteroatoms. The molecule has 31 heavy (non-hydrogen) atoms. The average Bonchev–Trinajstić information content (AvgIpc) is 3.51. The summed E-state index contributed by atoms with van der Waals surface area (Å²) < 4.78 is 1.92. The molecule has 1 unspecified atom stereocenters. The fourth-order valence-electron chi connectivity index (χ4n) is 3.26. The van der Waals surface area contributed by atoms with E-state index in [-0.39, 0.29) is 24.4 Å². The van der Waals surface area contributed by atoms with Gasteiger partial charge in [-0.2, -0.15) is 5.10 Å². The van der Waals surface area contributed by atoms with Gasteiger partial charge in [-0.25, -0.2) is 0 Å². The van der Waals surface area contributed by atoms with Gasteiger partial charge >= 0.3 is 0 Å². The highest BCUT2D eigenvalue weighted by molar-refractivity contribution is 7.71. The minimum absolute atomic E-state index is 0.0602. The van der Waals surface area contributed by atoms with E-state index in [0.29, 0.717) is 22.0 Å². The summed E-state index contributed by atoms with van der Waals surface area (Å²) in [6.45, 7) is -0.0602. The van der Waals surface area contributed by atoms with Crippen LogP contribution in [-0.4, -0.2) is 38.7 Å². The lowest BCUT2D eigenvalue weighted by molar-refractivity contribution is -0.129. The molecule has 1 saturated carbocycles. The number of hydrogen-bond acceptors (Lipinski definition) is 4. The largest absolute Gasteiger partial charge is 0.352 e. The highest BCUT2D eigenvalue weighted by Gasteiger charge is 2.28. The zero-order valence-corrected chi connectivity index (χ0v) is 18.2. The van der Waals surface area contributed by atoms with E-state index in [0.717, 1.165) is 24.0 Å². The summed E-state index contributed by atoms with van der Waals surface area (Å²) in [5.41, 5.74) is 1.75. The first-order valence-electron chi connectivity index (χ1n) is 10.0. The number of aromatic nitrogens is 3. The number of nitrogens with one attached hydrogen (secondary N) is 3. The number of halogens is 1. The predicted octanol–water partition coefficient (Wildman–Crippen LogP) is 3.27. The van der Waals surface area contributed by atoms with Crippen molar-refractivity contribution >= 4 is 35.6 Å². The molecule has 2 aromatic carbocycles. The molecule has 1 aromatic heterocycles. The number of amides is 2. The van der Waals surface area contributed by atoms with Crippen molar-refractivity contribution in [2.24, 2.45) is 0 Å². The fraction of sp³-hybridized carbons (Fsp3) is 0.273. The molecule has 0 radical (unpaired) electrons. The summed E-state index contributed by atoms with van der Waals surface area (Å²) in [6.07, 6.45) is 2.37. The number of rotatable bonds is 8.